The monoisotopic (exact) mass is 443 g/mol. The molecule has 2 aromatic rings. The molecule has 0 atom stereocenters. The van der Waals surface area contributed by atoms with E-state index in [1.54, 1.807) is 4.68 Å². The second kappa shape index (κ2) is 9.11. The minimum Gasteiger partial charge on any atom is -0.479 e. The van der Waals surface area contributed by atoms with Crippen LogP contribution in [0.15, 0.2) is 15.5 Å². The molecule has 9 nitrogen and oxygen atoms in total. The first-order valence-corrected chi connectivity index (χ1v) is 10.8. The van der Waals surface area contributed by atoms with Crippen LogP contribution in [0.4, 0.5) is 19.3 Å². The van der Waals surface area contributed by atoms with E-state index in [-0.39, 0.29) is 16.7 Å². The Bertz CT molecular complexity index is 1010. The number of hydrogen-bond donors (Lipinski definition) is 1. The SMILES string of the molecule is CC(C)c1nn(CC(F)F)c(C(C)C)c1NC(=O)N=[S-](=O)c1cnn2c1OCCC2. The summed E-state index contributed by atoms with van der Waals surface area (Å²) in [4.78, 5) is 12.8. The highest BCUT2D eigenvalue weighted by Gasteiger charge is 2.24. The molecule has 0 saturated carbocycles. The largest absolute Gasteiger partial charge is 0.479 e. The van der Waals surface area contributed by atoms with Gasteiger partial charge in [-0.25, -0.2) is 18.3 Å². The lowest BCUT2D eigenvalue weighted by molar-refractivity contribution is 0.120. The predicted octanol–water partition coefficient (Wildman–Crippen LogP) is 4.11. The number of amides is 2. The van der Waals surface area contributed by atoms with Crippen molar-refractivity contribution in [1.29, 1.82) is 0 Å². The van der Waals surface area contributed by atoms with Crippen LogP contribution in [0.3, 0.4) is 0 Å². The second-order valence-electron chi connectivity index (χ2n) is 7.54. The summed E-state index contributed by atoms with van der Waals surface area (Å²) in [6.07, 6.45) is -0.429. The average molecular weight is 444 g/mol. The van der Waals surface area contributed by atoms with Gasteiger partial charge in [-0.15, -0.1) is 10.6 Å². The fourth-order valence-electron chi connectivity index (χ4n) is 3.30. The smallest absolute Gasteiger partial charge is 0.322 e. The number of aryl methyl sites for hydroxylation is 1. The number of alkyl halides is 2. The molecule has 0 aromatic carbocycles. The first-order chi connectivity index (χ1) is 14.2. The van der Waals surface area contributed by atoms with Gasteiger partial charge in [-0.05, 0) is 16.7 Å². The number of rotatable bonds is 6. The average Bonchev–Trinajstić information content (AvgIpc) is 3.22. The van der Waals surface area contributed by atoms with Crippen molar-refractivity contribution < 1.29 is 22.5 Å². The van der Waals surface area contributed by atoms with Gasteiger partial charge in [0.1, 0.15) is 6.54 Å². The zero-order valence-corrected chi connectivity index (χ0v) is 18.1. The number of carbonyl (C=O) groups excluding carboxylic acids is 1. The van der Waals surface area contributed by atoms with Gasteiger partial charge < -0.3 is 18.6 Å². The molecule has 12 heteroatoms. The number of carbonyl (C=O) groups is 1. The number of hydrogen-bond acceptors (Lipinski definition) is 6. The summed E-state index contributed by atoms with van der Waals surface area (Å²) in [5, 5.41) is 11.0. The van der Waals surface area contributed by atoms with Gasteiger partial charge in [-0.2, -0.15) is 10.2 Å². The van der Waals surface area contributed by atoms with E-state index >= 15 is 0 Å². The van der Waals surface area contributed by atoms with Crippen LogP contribution in [0.2, 0.25) is 0 Å². The van der Waals surface area contributed by atoms with Gasteiger partial charge in [-0.3, -0.25) is 4.68 Å². The van der Waals surface area contributed by atoms with Crippen LogP contribution in [0.5, 0.6) is 5.88 Å². The van der Waals surface area contributed by atoms with Gasteiger partial charge in [0.05, 0.1) is 23.7 Å². The van der Waals surface area contributed by atoms with E-state index in [1.165, 1.54) is 10.9 Å². The molecule has 1 aliphatic rings. The van der Waals surface area contributed by atoms with Crippen LogP contribution in [-0.2, 0) is 27.9 Å². The maximum Gasteiger partial charge on any atom is 0.322 e. The molecule has 3 heterocycles. The summed E-state index contributed by atoms with van der Waals surface area (Å²) < 4.78 is 50.6. The van der Waals surface area contributed by atoms with Crippen molar-refractivity contribution in [2.24, 2.45) is 4.36 Å². The van der Waals surface area contributed by atoms with E-state index in [0.717, 1.165) is 6.42 Å². The van der Waals surface area contributed by atoms with E-state index in [2.05, 4.69) is 19.9 Å². The molecule has 0 unspecified atom stereocenters. The molecule has 0 fully saturated rings. The van der Waals surface area contributed by atoms with Gasteiger partial charge in [0.25, 0.3) is 6.43 Å². The van der Waals surface area contributed by atoms with Crippen LogP contribution < -0.4 is 10.1 Å². The quantitative estimate of drug-likeness (QED) is 0.677. The second-order valence-corrected chi connectivity index (χ2v) is 8.66. The molecule has 2 amide bonds. The van der Waals surface area contributed by atoms with Crippen molar-refractivity contribution in [2.75, 3.05) is 11.9 Å². The highest BCUT2D eigenvalue weighted by Crippen LogP contribution is 2.33. The van der Waals surface area contributed by atoms with Crippen molar-refractivity contribution in [1.82, 2.24) is 19.6 Å². The number of ether oxygens (including phenoxy) is 1. The lowest BCUT2D eigenvalue weighted by Gasteiger charge is -2.17. The van der Waals surface area contributed by atoms with E-state index in [0.29, 0.717) is 36.1 Å². The van der Waals surface area contributed by atoms with Crippen LogP contribution in [0, 0.1) is 0 Å². The summed E-state index contributed by atoms with van der Waals surface area (Å²) in [5.74, 6) is 0.0329. The van der Waals surface area contributed by atoms with Crippen LogP contribution in [-0.4, -0.2) is 38.6 Å². The number of aromatic nitrogens is 4. The third kappa shape index (κ3) is 4.63. The molecule has 166 valence electrons. The number of anilines is 1. The van der Waals surface area contributed by atoms with E-state index in [4.69, 9.17) is 4.74 Å². The van der Waals surface area contributed by atoms with Crippen LogP contribution in [0.1, 0.15) is 57.3 Å². The molecular formula is C18H25F2N6O3S-. The third-order valence-electron chi connectivity index (χ3n) is 4.52. The van der Waals surface area contributed by atoms with E-state index < -0.39 is 29.6 Å². The number of nitrogens with one attached hydrogen (secondary N) is 1. The van der Waals surface area contributed by atoms with Crippen molar-refractivity contribution in [3.05, 3.63) is 17.6 Å². The summed E-state index contributed by atoms with van der Waals surface area (Å²) in [6.45, 7) is 7.88. The van der Waals surface area contributed by atoms with Crippen LogP contribution >= 0.6 is 0 Å². The van der Waals surface area contributed by atoms with Gasteiger partial charge >= 0.3 is 6.03 Å². The maximum atomic E-state index is 13.0. The molecule has 2 aromatic heterocycles. The Kier molecular flexibility index (Phi) is 6.74. The topological polar surface area (TPSA) is 103 Å². The Hall–Kier alpha value is -2.50. The Morgan fingerprint density at radius 1 is 1.33 bits per heavy atom. The maximum absolute atomic E-state index is 13.0. The molecule has 1 aliphatic heterocycles. The lowest BCUT2D eigenvalue weighted by atomic mass is 10.0. The molecule has 0 spiro atoms. The highest BCUT2D eigenvalue weighted by atomic mass is 32.2. The van der Waals surface area contributed by atoms with Crippen molar-refractivity contribution in [3.63, 3.8) is 0 Å². The molecule has 0 saturated heterocycles. The molecule has 1 N–H and O–H groups in total. The summed E-state index contributed by atoms with van der Waals surface area (Å²) in [7, 11) is -2.02. The summed E-state index contributed by atoms with van der Waals surface area (Å²) in [6, 6.07) is -0.857. The highest BCUT2D eigenvalue weighted by molar-refractivity contribution is 7.75. The van der Waals surface area contributed by atoms with Crippen molar-refractivity contribution >= 4 is 22.3 Å². The third-order valence-corrected chi connectivity index (χ3v) is 5.51. The molecule has 0 aliphatic carbocycles. The molecule has 30 heavy (non-hydrogen) atoms. The summed E-state index contributed by atoms with van der Waals surface area (Å²) in [5.41, 5.74) is 1.28. The minimum atomic E-state index is -2.59. The Balaban J connectivity index is 1.92. The molecule has 0 radical (unpaired) electrons. The first-order valence-electron chi connectivity index (χ1n) is 9.71. The zero-order valence-electron chi connectivity index (χ0n) is 17.3. The standard InChI is InChI=1S/C18H25F2N6O3S/c1-10(2)14-15(16(11(3)4)26(23-14)9-13(19)20)22-18(27)24-30(28)12-8-21-25-6-5-7-29-17(12)25/h8,10-11,13H,5-7,9H2,1-4H3,(H,22,27)/q-1. The Labute approximate surface area is 175 Å². The number of halogens is 2. The van der Waals surface area contributed by atoms with E-state index in [1.807, 2.05) is 27.7 Å². The van der Waals surface area contributed by atoms with Gasteiger partial charge in [0.15, 0.2) is 5.88 Å². The normalized spacial score (nSPS) is 15.0. The Morgan fingerprint density at radius 2 is 2.07 bits per heavy atom. The van der Waals surface area contributed by atoms with Gasteiger partial charge in [0, 0.05) is 19.2 Å². The van der Waals surface area contributed by atoms with Crippen molar-refractivity contribution in [2.45, 2.75) is 70.4 Å². The lowest BCUT2D eigenvalue weighted by Crippen LogP contribution is -2.15. The number of urea groups is 1. The van der Waals surface area contributed by atoms with E-state index in [9.17, 15) is 17.8 Å². The van der Waals surface area contributed by atoms with Gasteiger partial charge in [0.2, 0.25) is 0 Å². The molecular weight excluding hydrogens is 418 g/mol. The number of nitrogens with zero attached hydrogens (tertiary/aromatic N) is 5. The first kappa shape index (κ1) is 22.2. The van der Waals surface area contributed by atoms with Crippen LogP contribution in [0.25, 0.3) is 0 Å². The zero-order chi connectivity index (χ0) is 22.0. The summed E-state index contributed by atoms with van der Waals surface area (Å²) >= 11 is 0. The van der Waals surface area contributed by atoms with Crippen molar-refractivity contribution in [3.8, 4) is 5.88 Å². The minimum absolute atomic E-state index is 0.127. The van der Waals surface area contributed by atoms with Gasteiger partial charge in [-0.1, -0.05) is 27.7 Å². The Morgan fingerprint density at radius 3 is 2.70 bits per heavy atom. The molecule has 0 bridgehead atoms. The number of fused-ring (bicyclic) bond motifs is 1. The fraction of sp³-hybridized carbons (Fsp3) is 0.611. The fourth-order valence-corrected chi connectivity index (χ4v) is 4.05. The molecule has 3 rings (SSSR count). The predicted molar refractivity (Wildman–Crippen MR) is 107 cm³/mol.